The van der Waals surface area contributed by atoms with Gasteiger partial charge in [-0.15, -0.1) is 0 Å². The highest BCUT2D eigenvalue weighted by Crippen LogP contribution is 2.40. The quantitative estimate of drug-likeness (QED) is 0.175. The molecule has 37 heavy (non-hydrogen) atoms. The SMILES string of the molecule is Cc1ccccc1COc1ccc(C(O)=C2C(=O)C(=O)N(Cc3ccco3)C2c2ccc(Cl)cc2)cc1. The Bertz CT molecular complexity index is 1460. The van der Waals surface area contributed by atoms with Crippen LogP contribution >= 0.6 is 11.6 Å². The smallest absolute Gasteiger partial charge is 0.296 e. The van der Waals surface area contributed by atoms with Crippen molar-refractivity contribution in [2.75, 3.05) is 0 Å². The lowest BCUT2D eigenvalue weighted by Crippen LogP contribution is -2.29. The summed E-state index contributed by atoms with van der Waals surface area (Å²) in [6.45, 7) is 2.51. The number of amides is 1. The van der Waals surface area contributed by atoms with Gasteiger partial charge < -0.3 is 19.2 Å². The van der Waals surface area contributed by atoms with E-state index in [1.807, 2.05) is 31.2 Å². The lowest BCUT2D eigenvalue weighted by atomic mass is 9.95. The Morgan fingerprint density at radius 3 is 2.38 bits per heavy atom. The van der Waals surface area contributed by atoms with Gasteiger partial charge in [0.15, 0.2) is 0 Å². The number of rotatable bonds is 7. The molecule has 0 radical (unpaired) electrons. The zero-order valence-electron chi connectivity index (χ0n) is 20.1. The molecule has 0 aliphatic carbocycles. The number of nitrogens with zero attached hydrogens (tertiary/aromatic N) is 1. The lowest BCUT2D eigenvalue weighted by molar-refractivity contribution is -0.140. The van der Waals surface area contributed by atoms with E-state index >= 15 is 0 Å². The second-order valence-electron chi connectivity index (χ2n) is 8.80. The molecule has 1 atom stereocenters. The minimum Gasteiger partial charge on any atom is -0.507 e. The Labute approximate surface area is 219 Å². The van der Waals surface area contributed by atoms with Gasteiger partial charge >= 0.3 is 0 Å². The maximum Gasteiger partial charge on any atom is 0.296 e. The maximum atomic E-state index is 13.2. The lowest BCUT2D eigenvalue weighted by Gasteiger charge is -2.24. The number of hydrogen-bond donors (Lipinski definition) is 1. The number of halogens is 1. The first kappa shape index (κ1) is 24.4. The minimum absolute atomic E-state index is 0.00690. The number of Topliss-reactive ketones (excluding diaryl/α,β-unsaturated/α-hetero) is 1. The number of aliphatic hydroxyl groups excluding tert-OH is 1. The van der Waals surface area contributed by atoms with Gasteiger partial charge in [-0.3, -0.25) is 9.59 Å². The second-order valence-corrected chi connectivity index (χ2v) is 9.23. The number of ketones is 1. The van der Waals surface area contributed by atoms with E-state index in [1.165, 1.54) is 11.2 Å². The molecular formula is C30H24ClNO5. The number of carbonyl (C=O) groups excluding carboxylic acids is 2. The molecule has 4 aromatic rings. The van der Waals surface area contributed by atoms with Gasteiger partial charge in [0.25, 0.3) is 11.7 Å². The number of furan rings is 1. The Kier molecular flexibility index (Phi) is 6.84. The summed E-state index contributed by atoms with van der Waals surface area (Å²) in [7, 11) is 0. The topological polar surface area (TPSA) is 80.0 Å². The van der Waals surface area contributed by atoms with E-state index in [9.17, 15) is 14.7 Å². The van der Waals surface area contributed by atoms with Gasteiger partial charge in [0.2, 0.25) is 0 Å². The highest BCUT2D eigenvalue weighted by Gasteiger charge is 2.46. The monoisotopic (exact) mass is 513 g/mol. The van der Waals surface area contributed by atoms with Crippen molar-refractivity contribution in [3.63, 3.8) is 0 Å². The normalized spacial score (nSPS) is 16.8. The van der Waals surface area contributed by atoms with E-state index < -0.39 is 17.7 Å². The Hall–Kier alpha value is -4.29. The highest BCUT2D eigenvalue weighted by atomic mass is 35.5. The number of aliphatic hydroxyl groups is 1. The van der Waals surface area contributed by atoms with E-state index in [4.69, 9.17) is 20.8 Å². The Morgan fingerprint density at radius 1 is 0.973 bits per heavy atom. The zero-order chi connectivity index (χ0) is 25.9. The summed E-state index contributed by atoms with van der Waals surface area (Å²) in [4.78, 5) is 27.6. The van der Waals surface area contributed by atoms with Gasteiger partial charge in [0.1, 0.15) is 23.9 Å². The van der Waals surface area contributed by atoms with Crippen molar-refractivity contribution in [3.05, 3.63) is 130 Å². The van der Waals surface area contributed by atoms with Crippen LogP contribution in [0.1, 0.15) is 34.1 Å². The number of hydrogen-bond acceptors (Lipinski definition) is 5. The number of ether oxygens (including phenoxy) is 1. The average Bonchev–Trinajstić information content (AvgIpc) is 3.51. The first-order valence-electron chi connectivity index (χ1n) is 11.8. The molecule has 1 N–H and O–H groups in total. The molecule has 7 heteroatoms. The minimum atomic E-state index is -0.806. The van der Waals surface area contributed by atoms with E-state index in [0.717, 1.165) is 11.1 Å². The number of carbonyl (C=O) groups is 2. The summed E-state index contributed by atoms with van der Waals surface area (Å²) in [6, 6.07) is 24.3. The van der Waals surface area contributed by atoms with E-state index in [0.29, 0.717) is 34.3 Å². The summed E-state index contributed by atoms with van der Waals surface area (Å²) < 4.78 is 11.3. The summed E-state index contributed by atoms with van der Waals surface area (Å²) in [6.07, 6.45) is 1.51. The average molecular weight is 514 g/mol. The van der Waals surface area contributed by atoms with Crippen molar-refractivity contribution in [1.82, 2.24) is 4.90 Å². The molecule has 1 aromatic heterocycles. The van der Waals surface area contributed by atoms with Crippen LogP contribution in [0.2, 0.25) is 5.02 Å². The van der Waals surface area contributed by atoms with Crippen LogP contribution in [0.4, 0.5) is 0 Å². The van der Waals surface area contributed by atoms with Gasteiger partial charge in [-0.1, -0.05) is 48.0 Å². The van der Waals surface area contributed by atoms with Crippen LogP contribution < -0.4 is 4.74 Å². The summed E-state index contributed by atoms with van der Waals surface area (Å²) in [5.41, 5.74) is 3.27. The van der Waals surface area contributed by atoms with Gasteiger partial charge in [0.05, 0.1) is 24.4 Å². The van der Waals surface area contributed by atoms with Crippen LogP contribution in [0.3, 0.4) is 0 Å². The van der Waals surface area contributed by atoms with Crippen molar-refractivity contribution < 1.29 is 23.8 Å². The van der Waals surface area contributed by atoms with Crippen molar-refractivity contribution in [2.45, 2.75) is 26.1 Å². The number of aryl methyl sites for hydroxylation is 1. The molecule has 0 spiro atoms. The second kappa shape index (κ2) is 10.4. The largest absolute Gasteiger partial charge is 0.507 e. The van der Waals surface area contributed by atoms with Crippen LogP contribution in [0.5, 0.6) is 5.75 Å². The third kappa shape index (κ3) is 5.01. The molecular weight excluding hydrogens is 490 g/mol. The zero-order valence-corrected chi connectivity index (χ0v) is 20.8. The van der Waals surface area contributed by atoms with Crippen LogP contribution in [-0.2, 0) is 22.7 Å². The molecule has 2 heterocycles. The van der Waals surface area contributed by atoms with Crippen molar-refractivity contribution >= 4 is 29.1 Å². The molecule has 0 bridgehead atoms. The third-order valence-electron chi connectivity index (χ3n) is 6.42. The number of likely N-dealkylation sites (tertiary alicyclic amines) is 1. The summed E-state index contributed by atoms with van der Waals surface area (Å²) in [5, 5.41) is 11.8. The fraction of sp³-hybridized carbons (Fsp3) is 0.133. The van der Waals surface area contributed by atoms with Crippen molar-refractivity contribution in [3.8, 4) is 5.75 Å². The molecule has 186 valence electrons. The standard InChI is InChI=1S/C30H24ClNO5/c1-19-5-2-3-6-22(19)18-37-24-14-10-21(11-15-24)28(33)26-27(20-8-12-23(31)13-9-20)32(30(35)29(26)34)17-25-7-4-16-36-25/h2-16,27,33H,17-18H2,1H3. The van der Waals surface area contributed by atoms with Crippen molar-refractivity contribution in [2.24, 2.45) is 0 Å². The molecule has 1 amide bonds. The predicted molar refractivity (Wildman–Crippen MR) is 140 cm³/mol. The Balaban J connectivity index is 1.47. The molecule has 6 nitrogen and oxygen atoms in total. The molecule has 3 aromatic carbocycles. The molecule has 1 saturated heterocycles. The number of benzene rings is 3. The highest BCUT2D eigenvalue weighted by molar-refractivity contribution is 6.46. The molecule has 1 fully saturated rings. The van der Waals surface area contributed by atoms with Crippen LogP contribution in [-0.4, -0.2) is 21.7 Å². The Morgan fingerprint density at radius 2 is 1.70 bits per heavy atom. The van der Waals surface area contributed by atoms with Crippen LogP contribution in [0, 0.1) is 6.92 Å². The fourth-order valence-corrected chi connectivity index (χ4v) is 4.53. The molecule has 1 unspecified atom stereocenters. The van der Waals surface area contributed by atoms with Gasteiger partial charge in [-0.25, -0.2) is 0 Å². The van der Waals surface area contributed by atoms with E-state index in [-0.39, 0.29) is 17.9 Å². The molecule has 5 rings (SSSR count). The van der Waals surface area contributed by atoms with Crippen LogP contribution in [0.25, 0.3) is 5.76 Å². The van der Waals surface area contributed by atoms with E-state index in [2.05, 4.69) is 0 Å². The summed E-state index contributed by atoms with van der Waals surface area (Å²) in [5.74, 6) is -0.589. The van der Waals surface area contributed by atoms with Gasteiger partial charge in [-0.05, 0) is 72.1 Å². The predicted octanol–water partition coefficient (Wildman–Crippen LogP) is 6.44. The molecule has 1 aliphatic heterocycles. The first-order valence-corrected chi connectivity index (χ1v) is 12.1. The fourth-order valence-electron chi connectivity index (χ4n) is 4.40. The maximum absolute atomic E-state index is 13.2. The van der Waals surface area contributed by atoms with Crippen molar-refractivity contribution in [1.29, 1.82) is 0 Å². The molecule has 0 saturated carbocycles. The molecule has 1 aliphatic rings. The van der Waals surface area contributed by atoms with Crippen LogP contribution in [0.15, 0.2) is 101 Å². The third-order valence-corrected chi connectivity index (χ3v) is 6.67. The van der Waals surface area contributed by atoms with Gasteiger partial charge in [0, 0.05) is 10.6 Å². The first-order chi connectivity index (χ1) is 17.9. The van der Waals surface area contributed by atoms with Gasteiger partial charge in [-0.2, -0.15) is 0 Å². The van der Waals surface area contributed by atoms with E-state index in [1.54, 1.807) is 60.7 Å². The summed E-state index contributed by atoms with van der Waals surface area (Å²) >= 11 is 6.07.